The van der Waals surface area contributed by atoms with E-state index in [0.717, 1.165) is 14.7 Å². The summed E-state index contributed by atoms with van der Waals surface area (Å²) >= 11 is 2.26. The fourth-order valence-electron chi connectivity index (χ4n) is 2.04. The number of hydrogen-bond donors (Lipinski definition) is 0. The lowest BCUT2D eigenvalue weighted by Gasteiger charge is -2.31. The maximum absolute atomic E-state index is 12.3. The van der Waals surface area contributed by atoms with E-state index in [1.165, 1.54) is 0 Å². The zero-order valence-electron chi connectivity index (χ0n) is 10.1. The van der Waals surface area contributed by atoms with Gasteiger partial charge in [-0.1, -0.05) is 0 Å². The average molecular weight is 345 g/mol. The van der Waals surface area contributed by atoms with E-state index in [1.54, 1.807) is 0 Å². The SMILES string of the molecule is Cc1cc(I)ccc1C(=O)N1CCO[C@H](C)C1. The number of benzene rings is 1. The first kappa shape index (κ1) is 12.8. The molecule has 4 heteroatoms. The third-order valence-electron chi connectivity index (χ3n) is 2.95. The molecule has 1 aliphatic rings. The maximum Gasteiger partial charge on any atom is 0.254 e. The number of halogens is 1. The van der Waals surface area contributed by atoms with Gasteiger partial charge in [-0.05, 0) is 60.2 Å². The van der Waals surface area contributed by atoms with Gasteiger partial charge in [0, 0.05) is 22.2 Å². The predicted molar refractivity (Wildman–Crippen MR) is 75.2 cm³/mol. The smallest absolute Gasteiger partial charge is 0.254 e. The number of carbonyl (C=O) groups excluding carboxylic acids is 1. The molecule has 17 heavy (non-hydrogen) atoms. The van der Waals surface area contributed by atoms with Gasteiger partial charge in [-0.15, -0.1) is 0 Å². The average Bonchev–Trinajstić information content (AvgIpc) is 2.28. The number of hydrogen-bond acceptors (Lipinski definition) is 2. The van der Waals surface area contributed by atoms with Crippen molar-refractivity contribution in [2.24, 2.45) is 0 Å². The molecule has 2 rings (SSSR count). The Morgan fingerprint density at radius 3 is 2.94 bits per heavy atom. The second kappa shape index (κ2) is 5.35. The van der Waals surface area contributed by atoms with E-state index in [9.17, 15) is 4.79 Å². The summed E-state index contributed by atoms with van der Waals surface area (Å²) in [5, 5.41) is 0. The molecule has 0 radical (unpaired) electrons. The van der Waals surface area contributed by atoms with Gasteiger partial charge in [0.05, 0.1) is 12.7 Å². The van der Waals surface area contributed by atoms with Crippen LogP contribution in [-0.2, 0) is 4.74 Å². The molecule has 1 aromatic carbocycles. The van der Waals surface area contributed by atoms with Crippen molar-refractivity contribution in [3.8, 4) is 0 Å². The normalized spacial score (nSPS) is 20.4. The molecule has 0 unspecified atom stereocenters. The third-order valence-corrected chi connectivity index (χ3v) is 3.62. The molecule has 3 nitrogen and oxygen atoms in total. The van der Waals surface area contributed by atoms with Crippen LogP contribution in [0, 0.1) is 10.5 Å². The zero-order chi connectivity index (χ0) is 12.4. The summed E-state index contributed by atoms with van der Waals surface area (Å²) in [5.74, 6) is 0.119. The molecule has 1 fully saturated rings. The summed E-state index contributed by atoms with van der Waals surface area (Å²) in [4.78, 5) is 14.2. The van der Waals surface area contributed by atoms with Gasteiger partial charge in [0.1, 0.15) is 0 Å². The highest BCUT2D eigenvalue weighted by atomic mass is 127. The molecule has 1 saturated heterocycles. The Balaban J connectivity index is 2.18. The first-order chi connectivity index (χ1) is 8.08. The van der Waals surface area contributed by atoms with E-state index in [-0.39, 0.29) is 12.0 Å². The van der Waals surface area contributed by atoms with E-state index < -0.39 is 0 Å². The summed E-state index contributed by atoms with van der Waals surface area (Å²) < 4.78 is 6.61. The summed E-state index contributed by atoms with van der Waals surface area (Å²) in [5.41, 5.74) is 1.85. The minimum absolute atomic E-state index is 0.119. The van der Waals surface area contributed by atoms with Crippen molar-refractivity contribution in [3.05, 3.63) is 32.9 Å². The highest BCUT2D eigenvalue weighted by Gasteiger charge is 2.23. The van der Waals surface area contributed by atoms with Crippen molar-refractivity contribution < 1.29 is 9.53 Å². The Hall–Kier alpha value is -0.620. The van der Waals surface area contributed by atoms with E-state index >= 15 is 0 Å². The van der Waals surface area contributed by atoms with Crippen LogP contribution in [0.3, 0.4) is 0 Å². The standard InChI is InChI=1S/C13H16INO2/c1-9-7-11(14)3-4-12(9)13(16)15-5-6-17-10(2)8-15/h3-4,7,10H,5-6,8H2,1-2H3/t10-/m1/s1. The van der Waals surface area contributed by atoms with Crippen molar-refractivity contribution in [1.29, 1.82) is 0 Å². The van der Waals surface area contributed by atoms with Crippen LogP contribution in [-0.4, -0.2) is 36.6 Å². The molecule has 1 atom stereocenters. The Kier molecular flexibility index (Phi) is 4.04. The van der Waals surface area contributed by atoms with Gasteiger partial charge < -0.3 is 9.64 Å². The van der Waals surface area contributed by atoms with Crippen molar-refractivity contribution in [2.45, 2.75) is 20.0 Å². The Labute approximate surface area is 115 Å². The van der Waals surface area contributed by atoms with Gasteiger partial charge >= 0.3 is 0 Å². The fraction of sp³-hybridized carbons (Fsp3) is 0.462. The molecule has 0 aliphatic carbocycles. The molecule has 92 valence electrons. The van der Waals surface area contributed by atoms with Crippen LogP contribution in [0.5, 0.6) is 0 Å². The van der Waals surface area contributed by atoms with Crippen LogP contribution in [0.1, 0.15) is 22.8 Å². The highest BCUT2D eigenvalue weighted by Crippen LogP contribution is 2.16. The van der Waals surface area contributed by atoms with Gasteiger partial charge in [-0.2, -0.15) is 0 Å². The molecular weight excluding hydrogens is 329 g/mol. The van der Waals surface area contributed by atoms with Crippen LogP contribution < -0.4 is 0 Å². The van der Waals surface area contributed by atoms with Crippen LogP contribution in [0.25, 0.3) is 0 Å². The molecule has 0 spiro atoms. The number of morpholine rings is 1. The lowest BCUT2D eigenvalue weighted by molar-refractivity contribution is -0.0124. The first-order valence-electron chi connectivity index (χ1n) is 5.75. The molecule has 1 heterocycles. The molecule has 1 amide bonds. The minimum atomic E-state index is 0.119. The van der Waals surface area contributed by atoms with Crippen LogP contribution in [0.2, 0.25) is 0 Å². The van der Waals surface area contributed by atoms with E-state index in [0.29, 0.717) is 19.7 Å². The van der Waals surface area contributed by atoms with Crippen LogP contribution in [0.15, 0.2) is 18.2 Å². The second-order valence-electron chi connectivity index (χ2n) is 4.39. The number of ether oxygens (including phenoxy) is 1. The minimum Gasteiger partial charge on any atom is -0.375 e. The summed E-state index contributed by atoms with van der Waals surface area (Å²) in [6.07, 6.45) is 0.136. The molecule has 0 aromatic heterocycles. The van der Waals surface area contributed by atoms with E-state index in [4.69, 9.17) is 4.74 Å². The highest BCUT2D eigenvalue weighted by molar-refractivity contribution is 14.1. The quantitative estimate of drug-likeness (QED) is 0.732. The van der Waals surface area contributed by atoms with Gasteiger partial charge in [0.15, 0.2) is 0 Å². The van der Waals surface area contributed by atoms with Crippen molar-refractivity contribution in [2.75, 3.05) is 19.7 Å². The summed E-state index contributed by atoms with van der Waals surface area (Å²) in [6.45, 7) is 5.99. The molecule has 0 bridgehead atoms. The van der Waals surface area contributed by atoms with E-state index in [2.05, 4.69) is 22.6 Å². The molecular formula is C13H16INO2. The molecule has 1 aliphatic heterocycles. The van der Waals surface area contributed by atoms with Gasteiger partial charge in [-0.3, -0.25) is 4.79 Å². The fourth-order valence-corrected chi connectivity index (χ4v) is 2.69. The molecule has 0 N–H and O–H groups in total. The van der Waals surface area contributed by atoms with Gasteiger partial charge in [0.25, 0.3) is 5.91 Å². The van der Waals surface area contributed by atoms with E-state index in [1.807, 2.05) is 36.9 Å². The second-order valence-corrected chi connectivity index (χ2v) is 5.64. The zero-order valence-corrected chi connectivity index (χ0v) is 12.2. The third kappa shape index (κ3) is 2.98. The van der Waals surface area contributed by atoms with Crippen LogP contribution >= 0.6 is 22.6 Å². The number of rotatable bonds is 1. The predicted octanol–water partition coefficient (Wildman–Crippen LogP) is 2.46. The maximum atomic E-state index is 12.3. The van der Waals surface area contributed by atoms with Crippen molar-refractivity contribution in [3.63, 3.8) is 0 Å². The summed E-state index contributed by atoms with van der Waals surface area (Å²) in [7, 11) is 0. The summed E-state index contributed by atoms with van der Waals surface area (Å²) in [6, 6.07) is 5.93. The lowest BCUT2D eigenvalue weighted by atomic mass is 10.1. The van der Waals surface area contributed by atoms with Crippen molar-refractivity contribution >= 4 is 28.5 Å². The topological polar surface area (TPSA) is 29.5 Å². The number of aryl methyl sites for hydroxylation is 1. The van der Waals surface area contributed by atoms with Gasteiger partial charge in [-0.25, -0.2) is 0 Å². The number of amides is 1. The largest absolute Gasteiger partial charge is 0.375 e. The van der Waals surface area contributed by atoms with Gasteiger partial charge in [0.2, 0.25) is 0 Å². The van der Waals surface area contributed by atoms with Crippen molar-refractivity contribution in [1.82, 2.24) is 4.90 Å². The number of carbonyl (C=O) groups is 1. The lowest BCUT2D eigenvalue weighted by Crippen LogP contribution is -2.44. The monoisotopic (exact) mass is 345 g/mol. The van der Waals surface area contributed by atoms with Crippen LogP contribution in [0.4, 0.5) is 0 Å². The Bertz CT molecular complexity index is 433. The Morgan fingerprint density at radius 2 is 2.29 bits per heavy atom. The molecule has 0 saturated carbocycles. The molecule has 1 aromatic rings. The first-order valence-corrected chi connectivity index (χ1v) is 6.83. The Morgan fingerprint density at radius 1 is 1.53 bits per heavy atom. The number of nitrogens with zero attached hydrogens (tertiary/aromatic N) is 1.